The number of pyridine rings is 1. The Kier molecular flexibility index (Phi) is 6.14. The molecule has 0 aromatic carbocycles. The summed E-state index contributed by atoms with van der Waals surface area (Å²) < 4.78 is 0. The zero-order valence-corrected chi connectivity index (χ0v) is 16.1. The molecule has 0 spiro atoms. The molecule has 3 heteroatoms. The smallest absolute Gasteiger partial charge is 0.132 e. The van der Waals surface area contributed by atoms with E-state index in [0.29, 0.717) is 11.8 Å². The summed E-state index contributed by atoms with van der Waals surface area (Å²) >= 11 is 0. The van der Waals surface area contributed by atoms with E-state index >= 15 is 0 Å². The van der Waals surface area contributed by atoms with E-state index in [0.717, 1.165) is 16.9 Å². The van der Waals surface area contributed by atoms with E-state index in [4.69, 9.17) is 15.0 Å². The Bertz CT molecular complexity index is 634. The molecule has 2 aromatic heterocycles. The summed E-state index contributed by atoms with van der Waals surface area (Å²) in [5.41, 5.74) is 3.28. The number of fused-ring (bicyclic) bond motifs is 1. The van der Waals surface area contributed by atoms with Crippen molar-refractivity contribution in [2.75, 3.05) is 0 Å². The predicted molar refractivity (Wildman–Crippen MR) is 107 cm³/mol. The standard InChI is InChI=1S/C23H33N3/c1-3-7-11-18(12-8-4-1)20-15-16-21-22(25-20)17-24-23(26-21)19-13-9-5-2-6-10-14-19/h15-19H,1-14H2. The average Bonchev–Trinajstić information content (AvgIpc) is 2.60. The zero-order chi connectivity index (χ0) is 17.6. The first-order chi connectivity index (χ1) is 12.9. The SMILES string of the molecule is c1cc2nc(C3CCCCCCC3)ncc2nc1C1CCCCCCC1. The highest BCUT2D eigenvalue weighted by Gasteiger charge is 2.18. The van der Waals surface area contributed by atoms with Crippen LogP contribution in [0.1, 0.15) is 113 Å². The summed E-state index contributed by atoms with van der Waals surface area (Å²) in [6.45, 7) is 0. The lowest BCUT2D eigenvalue weighted by molar-refractivity contribution is 0.443. The minimum absolute atomic E-state index is 0.546. The van der Waals surface area contributed by atoms with Crippen LogP contribution in [0.4, 0.5) is 0 Å². The van der Waals surface area contributed by atoms with Crippen LogP contribution >= 0.6 is 0 Å². The molecule has 0 aliphatic heterocycles. The van der Waals surface area contributed by atoms with Crippen LogP contribution in [0.5, 0.6) is 0 Å². The van der Waals surface area contributed by atoms with E-state index in [2.05, 4.69) is 12.1 Å². The highest BCUT2D eigenvalue weighted by molar-refractivity contribution is 5.73. The normalized spacial score (nSPS) is 21.7. The van der Waals surface area contributed by atoms with Gasteiger partial charge in [-0.25, -0.2) is 15.0 Å². The molecule has 0 bridgehead atoms. The van der Waals surface area contributed by atoms with E-state index < -0.39 is 0 Å². The summed E-state index contributed by atoms with van der Waals surface area (Å²) in [4.78, 5) is 14.6. The molecule has 0 atom stereocenters. The van der Waals surface area contributed by atoms with E-state index in [9.17, 15) is 0 Å². The van der Waals surface area contributed by atoms with Gasteiger partial charge in [0.15, 0.2) is 0 Å². The van der Waals surface area contributed by atoms with Gasteiger partial charge < -0.3 is 0 Å². The van der Waals surface area contributed by atoms with Gasteiger partial charge in [-0.15, -0.1) is 0 Å². The highest BCUT2D eigenvalue weighted by atomic mass is 14.9. The molecule has 2 aromatic rings. The third-order valence-electron chi connectivity index (χ3n) is 6.47. The van der Waals surface area contributed by atoms with Crippen LogP contribution in [0.15, 0.2) is 18.3 Å². The molecule has 0 saturated heterocycles. The first-order valence-electron chi connectivity index (χ1n) is 11.0. The lowest BCUT2D eigenvalue weighted by Gasteiger charge is -2.20. The second-order valence-corrected chi connectivity index (χ2v) is 8.45. The van der Waals surface area contributed by atoms with E-state index in [1.165, 1.54) is 95.6 Å². The maximum absolute atomic E-state index is 4.97. The minimum Gasteiger partial charge on any atom is -0.249 e. The summed E-state index contributed by atoms with van der Waals surface area (Å²) in [5.74, 6) is 2.23. The van der Waals surface area contributed by atoms with Crippen molar-refractivity contribution in [2.24, 2.45) is 0 Å². The minimum atomic E-state index is 0.546. The largest absolute Gasteiger partial charge is 0.249 e. The van der Waals surface area contributed by atoms with Crippen LogP contribution in [-0.4, -0.2) is 15.0 Å². The number of aromatic nitrogens is 3. The van der Waals surface area contributed by atoms with Gasteiger partial charge in [0.05, 0.1) is 11.7 Å². The first-order valence-corrected chi connectivity index (χ1v) is 11.0. The molecule has 3 nitrogen and oxygen atoms in total. The molecule has 0 radical (unpaired) electrons. The van der Waals surface area contributed by atoms with Gasteiger partial charge in [-0.2, -0.15) is 0 Å². The van der Waals surface area contributed by atoms with Gasteiger partial charge in [0, 0.05) is 17.5 Å². The quantitative estimate of drug-likeness (QED) is 0.605. The van der Waals surface area contributed by atoms with Crippen LogP contribution < -0.4 is 0 Å². The van der Waals surface area contributed by atoms with Gasteiger partial charge in [0.2, 0.25) is 0 Å². The van der Waals surface area contributed by atoms with Gasteiger partial charge in [0.1, 0.15) is 11.3 Å². The van der Waals surface area contributed by atoms with Crippen molar-refractivity contribution in [1.29, 1.82) is 0 Å². The van der Waals surface area contributed by atoms with Crippen molar-refractivity contribution in [3.05, 3.63) is 29.8 Å². The number of nitrogens with zero attached hydrogens (tertiary/aromatic N) is 3. The molecule has 2 aliphatic carbocycles. The summed E-state index contributed by atoms with van der Waals surface area (Å²) in [6.07, 6.45) is 20.7. The maximum atomic E-state index is 4.97. The Balaban J connectivity index is 1.53. The molecule has 2 fully saturated rings. The summed E-state index contributed by atoms with van der Waals surface area (Å²) in [5, 5.41) is 0. The fraction of sp³-hybridized carbons (Fsp3) is 0.696. The topological polar surface area (TPSA) is 38.7 Å². The van der Waals surface area contributed by atoms with Crippen molar-refractivity contribution in [1.82, 2.24) is 15.0 Å². The Labute approximate surface area is 158 Å². The molecular weight excluding hydrogens is 318 g/mol. The maximum Gasteiger partial charge on any atom is 0.132 e. The van der Waals surface area contributed by atoms with E-state index in [1.807, 2.05) is 6.20 Å². The highest BCUT2D eigenvalue weighted by Crippen LogP contribution is 2.32. The first kappa shape index (κ1) is 17.9. The van der Waals surface area contributed by atoms with Gasteiger partial charge in [-0.3, -0.25) is 0 Å². The Morgan fingerprint density at radius 2 is 1.15 bits per heavy atom. The fourth-order valence-corrected chi connectivity index (χ4v) is 4.84. The lowest BCUT2D eigenvalue weighted by atomic mass is 9.88. The van der Waals surface area contributed by atoms with E-state index in [-0.39, 0.29) is 0 Å². The van der Waals surface area contributed by atoms with Crippen molar-refractivity contribution >= 4 is 11.0 Å². The molecule has 4 rings (SSSR count). The molecule has 0 N–H and O–H groups in total. The Morgan fingerprint density at radius 1 is 0.577 bits per heavy atom. The number of rotatable bonds is 2. The zero-order valence-electron chi connectivity index (χ0n) is 16.1. The molecule has 140 valence electrons. The van der Waals surface area contributed by atoms with Crippen LogP contribution in [0.2, 0.25) is 0 Å². The van der Waals surface area contributed by atoms with Crippen LogP contribution in [0.3, 0.4) is 0 Å². The number of hydrogen-bond acceptors (Lipinski definition) is 3. The van der Waals surface area contributed by atoms with Gasteiger partial charge in [-0.1, -0.05) is 64.2 Å². The lowest BCUT2D eigenvalue weighted by Crippen LogP contribution is -2.08. The Morgan fingerprint density at radius 3 is 1.81 bits per heavy atom. The predicted octanol–water partition coefficient (Wildman–Crippen LogP) is 6.68. The van der Waals surface area contributed by atoms with Crippen molar-refractivity contribution in [3.63, 3.8) is 0 Å². The van der Waals surface area contributed by atoms with Crippen LogP contribution in [0.25, 0.3) is 11.0 Å². The van der Waals surface area contributed by atoms with Crippen molar-refractivity contribution in [3.8, 4) is 0 Å². The molecule has 2 heterocycles. The van der Waals surface area contributed by atoms with Gasteiger partial charge >= 0.3 is 0 Å². The third kappa shape index (κ3) is 4.42. The van der Waals surface area contributed by atoms with Crippen molar-refractivity contribution < 1.29 is 0 Å². The van der Waals surface area contributed by atoms with Gasteiger partial charge in [0.25, 0.3) is 0 Å². The molecule has 2 saturated carbocycles. The average molecular weight is 352 g/mol. The molecule has 0 amide bonds. The monoisotopic (exact) mass is 351 g/mol. The van der Waals surface area contributed by atoms with Crippen LogP contribution in [0, 0.1) is 0 Å². The van der Waals surface area contributed by atoms with Crippen LogP contribution in [-0.2, 0) is 0 Å². The summed E-state index contributed by atoms with van der Waals surface area (Å²) in [6, 6.07) is 4.44. The third-order valence-corrected chi connectivity index (χ3v) is 6.47. The fourth-order valence-electron chi connectivity index (χ4n) is 4.84. The van der Waals surface area contributed by atoms with E-state index in [1.54, 1.807) is 0 Å². The second kappa shape index (κ2) is 8.92. The summed E-state index contributed by atoms with van der Waals surface area (Å²) in [7, 11) is 0. The molecule has 26 heavy (non-hydrogen) atoms. The van der Waals surface area contributed by atoms with Gasteiger partial charge in [-0.05, 0) is 37.8 Å². The molecule has 0 unspecified atom stereocenters. The molecular formula is C23H33N3. The Hall–Kier alpha value is -1.51. The molecule has 2 aliphatic rings. The second-order valence-electron chi connectivity index (χ2n) is 8.45. The number of hydrogen-bond donors (Lipinski definition) is 0. The van der Waals surface area contributed by atoms with Crippen molar-refractivity contribution in [2.45, 2.75) is 102 Å².